The number of halogens is 1. The quantitative estimate of drug-likeness (QED) is 0.630. The Balaban J connectivity index is 3.19. The van der Waals surface area contributed by atoms with Crippen molar-refractivity contribution in [2.24, 2.45) is 0 Å². The summed E-state index contributed by atoms with van der Waals surface area (Å²) in [6.45, 7) is 3.40. The van der Waals surface area contributed by atoms with Crippen molar-refractivity contribution in [3.05, 3.63) is 36.2 Å². The summed E-state index contributed by atoms with van der Waals surface area (Å²) in [5.74, 6) is -0.516. The number of phenolic OH excluding ortho intramolecular Hbond substituents is 1. The molecule has 0 unspecified atom stereocenters. The van der Waals surface area contributed by atoms with Crippen LogP contribution in [0, 0.1) is 5.82 Å². The van der Waals surface area contributed by atoms with Crippen LogP contribution < -0.4 is 0 Å². The zero-order valence-electron chi connectivity index (χ0n) is 5.34. The average Bonchev–Trinajstić information content (AvgIpc) is 1.88. The molecule has 0 radical (unpaired) electrons. The summed E-state index contributed by atoms with van der Waals surface area (Å²) < 4.78 is 12.6. The highest BCUT2D eigenvalue weighted by atomic mass is 19.1. The molecule has 1 aromatic rings. The minimum atomic E-state index is -0.449. The van der Waals surface area contributed by atoms with Gasteiger partial charge in [0.25, 0.3) is 0 Å². The van der Waals surface area contributed by atoms with E-state index in [9.17, 15) is 4.39 Å². The summed E-state index contributed by atoms with van der Waals surface area (Å²) in [6, 6.07) is 3.94. The molecule has 1 N–H and O–H groups in total. The minimum absolute atomic E-state index is 0.0666. The van der Waals surface area contributed by atoms with E-state index in [0.29, 0.717) is 5.56 Å². The molecule has 0 atom stereocenters. The van der Waals surface area contributed by atoms with Gasteiger partial charge in [0, 0.05) is 11.6 Å². The molecule has 0 aliphatic heterocycles. The molecule has 0 saturated carbocycles. The van der Waals surface area contributed by atoms with Crippen LogP contribution in [0.5, 0.6) is 5.75 Å². The lowest BCUT2D eigenvalue weighted by Crippen LogP contribution is -1.78. The van der Waals surface area contributed by atoms with Gasteiger partial charge in [-0.1, -0.05) is 12.7 Å². The third-order valence-corrected chi connectivity index (χ3v) is 1.20. The molecule has 0 aliphatic carbocycles. The molecule has 0 aliphatic rings. The Hall–Kier alpha value is -1.31. The molecule has 52 valence electrons. The van der Waals surface area contributed by atoms with Crippen molar-refractivity contribution in [2.75, 3.05) is 0 Å². The fraction of sp³-hybridized carbons (Fsp3) is 0. The second kappa shape index (κ2) is 2.52. The second-order valence-corrected chi connectivity index (χ2v) is 1.91. The molecule has 1 rings (SSSR count). The van der Waals surface area contributed by atoms with Gasteiger partial charge in [-0.25, -0.2) is 4.39 Å². The molecule has 0 bridgehead atoms. The second-order valence-electron chi connectivity index (χ2n) is 1.91. The summed E-state index contributed by atoms with van der Waals surface area (Å²) in [7, 11) is 0. The maximum atomic E-state index is 12.6. The average molecular weight is 138 g/mol. The van der Waals surface area contributed by atoms with Crippen molar-refractivity contribution >= 4 is 6.08 Å². The van der Waals surface area contributed by atoms with E-state index in [1.807, 2.05) is 0 Å². The monoisotopic (exact) mass is 138 g/mol. The maximum absolute atomic E-state index is 12.6. The van der Waals surface area contributed by atoms with Crippen LogP contribution in [0.1, 0.15) is 5.56 Å². The summed E-state index contributed by atoms with van der Waals surface area (Å²) in [5.41, 5.74) is 0.401. The van der Waals surface area contributed by atoms with Crippen LogP contribution in [-0.2, 0) is 0 Å². The summed E-state index contributed by atoms with van der Waals surface area (Å²) in [6.07, 6.45) is 1.40. The fourth-order valence-corrected chi connectivity index (χ4v) is 0.682. The first kappa shape index (κ1) is 6.81. The molecule has 0 aromatic heterocycles. The van der Waals surface area contributed by atoms with E-state index >= 15 is 0 Å². The number of aromatic hydroxyl groups is 1. The van der Waals surface area contributed by atoms with Crippen LogP contribution in [0.3, 0.4) is 0 Å². The van der Waals surface area contributed by atoms with E-state index in [1.54, 1.807) is 0 Å². The lowest BCUT2D eigenvalue weighted by molar-refractivity contribution is 0.469. The molecule has 10 heavy (non-hydrogen) atoms. The highest BCUT2D eigenvalue weighted by Gasteiger charge is 1.97. The number of benzene rings is 1. The van der Waals surface area contributed by atoms with Gasteiger partial charge in [-0.15, -0.1) is 0 Å². The van der Waals surface area contributed by atoms with Gasteiger partial charge < -0.3 is 5.11 Å². The van der Waals surface area contributed by atoms with Gasteiger partial charge in [0.15, 0.2) is 0 Å². The zero-order valence-corrected chi connectivity index (χ0v) is 5.34. The number of hydrogen-bond acceptors (Lipinski definition) is 1. The van der Waals surface area contributed by atoms with Crippen molar-refractivity contribution in [1.82, 2.24) is 0 Å². The van der Waals surface area contributed by atoms with Crippen LogP contribution in [-0.4, -0.2) is 5.11 Å². The summed E-state index contributed by atoms with van der Waals surface area (Å²) in [4.78, 5) is 0. The topological polar surface area (TPSA) is 20.2 Å². The minimum Gasteiger partial charge on any atom is -0.508 e. The Labute approximate surface area is 58.4 Å². The number of phenols is 1. The van der Waals surface area contributed by atoms with Crippen LogP contribution >= 0.6 is 0 Å². The van der Waals surface area contributed by atoms with Crippen molar-refractivity contribution in [2.45, 2.75) is 0 Å². The van der Waals surface area contributed by atoms with Crippen LogP contribution in [0.15, 0.2) is 24.8 Å². The Morgan fingerprint density at radius 1 is 1.50 bits per heavy atom. The summed E-state index contributed by atoms with van der Waals surface area (Å²) in [5, 5.41) is 8.76. The fourth-order valence-electron chi connectivity index (χ4n) is 0.682. The highest BCUT2D eigenvalue weighted by molar-refractivity contribution is 5.49. The van der Waals surface area contributed by atoms with E-state index in [2.05, 4.69) is 6.58 Å². The Morgan fingerprint density at radius 3 is 2.70 bits per heavy atom. The Kier molecular flexibility index (Phi) is 1.71. The molecule has 0 saturated heterocycles. The third-order valence-electron chi connectivity index (χ3n) is 1.20. The molecule has 0 heterocycles. The van der Waals surface area contributed by atoms with E-state index in [1.165, 1.54) is 18.2 Å². The van der Waals surface area contributed by atoms with Gasteiger partial charge in [0.1, 0.15) is 11.6 Å². The first-order valence-corrected chi connectivity index (χ1v) is 2.85. The lowest BCUT2D eigenvalue weighted by atomic mass is 10.2. The predicted octanol–water partition coefficient (Wildman–Crippen LogP) is 2.17. The van der Waals surface area contributed by atoms with Crippen molar-refractivity contribution in [3.63, 3.8) is 0 Å². The highest BCUT2D eigenvalue weighted by Crippen LogP contribution is 2.15. The molecule has 1 aromatic carbocycles. The van der Waals surface area contributed by atoms with Crippen LogP contribution in [0.25, 0.3) is 6.08 Å². The van der Waals surface area contributed by atoms with Crippen molar-refractivity contribution in [1.29, 1.82) is 0 Å². The van der Waals surface area contributed by atoms with Crippen molar-refractivity contribution < 1.29 is 9.50 Å². The van der Waals surface area contributed by atoms with E-state index in [-0.39, 0.29) is 5.75 Å². The first-order chi connectivity index (χ1) is 4.74. The molecule has 0 fully saturated rings. The number of hydrogen-bond donors (Lipinski definition) is 1. The standard InChI is InChI=1S/C8H7FO/c1-2-6-3-4-7(10)5-8(6)9/h2-5,10H,1H2. The SMILES string of the molecule is C=Cc1ccc(O)cc1F. The summed E-state index contributed by atoms with van der Waals surface area (Å²) >= 11 is 0. The van der Waals surface area contributed by atoms with Gasteiger partial charge in [-0.05, 0) is 12.1 Å². The van der Waals surface area contributed by atoms with Crippen LogP contribution in [0.2, 0.25) is 0 Å². The van der Waals surface area contributed by atoms with Gasteiger partial charge in [0.2, 0.25) is 0 Å². The van der Waals surface area contributed by atoms with E-state index in [0.717, 1.165) is 6.07 Å². The van der Waals surface area contributed by atoms with E-state index < -0.39 is 5.82 Å². The van der Waals surface area contributed by atoms with Gasteiger partial charge >= 0.3 is 0 Å². The largest absolute Gasteiger partial charge is 0.508 e. The van der Waals surface area contributed by atoms with Crippen LogP contribution in [0.4, 0.5) is 4.39 Å². The third kappa shape index (κ3) is 1.16. The zero-order chi connectivity index (χ0) is 7.56. The smallest absolute Gasteiger partial charge is 0.134 e. The number of rotatable bonds is 1. The van der Waals surface area contributed by atoms with E-state index in [4.69, 9.17) is 5.11 Å². The predicted molar refractivity (Wildman–Crippen MR) is 38.2 cm³/mol. The molecular formula is C8H7FO. The molecule has 0 spiro atoms. The molecule has 2 heteroatoms. The normalized spacial score (nSPS) is 9.30. The molecule has 1 nitrogen and oxygen atoms in total. The van der Waals surface area contributed by atoms with Gasteiger partial charge in [-0.3, -0.25) is 0 Å². The Morgan fingerprint density at radius 2 is 2.20 bits per heavy atom. The Bertz CT molecular complexity index is 255. The lowest BCUT2D eigenvalue weighted by Gasteiger charge is -1.95. The molecule has 0 amide bonds. The van der Waals surface area contributed by atoms with Gasteiger partial charge in [0.05, 0.1) is 0 Å². The van der Waals surface area contributed by atoms with Crippen molar-refractivity contribution in [3.8, 4) is 5.75 Å². The van der Waals surface area contributed by atoms with Gasteiger partial charge in [-0.2, -0.15) is 0 Å². The first-order valence-electron chi connectivity index (χ1n) is 2.85. The maximum Gasteiger partial charge on any atom is 0.134 e. The molecular weight excluding hydrogens is 131 g/mol.